The topological polar surface area (TPSA) is 90.0 Å². The molecule has 0 aromatic heterocycles. The fourth-order valence-corrected chi connectivity index (χ4v) is 4.14. The number of nitrogens with zero attached hydrogens (tertiary/aromatic N) is 3. The Morgan fingerprint density at radius 3 is 2.68 bits per heavy atom. The summed E-state index contributed by atoms with van der Waals surface area (Å²) in [6.07, 6.45) is 11.1. The Bertz CT molecular complexity index is 725. The predicted molar refractivity (Wildman–Crippen MR) is 112 cm³/mol. The van der Waals surface area contributed by atoms with Crippen molar-refractivity contribution in [1.82, 2.24) is 15.1 Å². The molecule has 4 aliphatic rings. The lowest BCUT2D eigenvalue weighted by atomic mass is 9.87. The van der Waals surface area contributed by atoms with Gasteiger partial charge in [0.2, 0.25) is 0 Å². The van der Waals surface area contributed by atoms with Gasteiger partial charge in [-0.25, -0.2) is 0 Å². The SMILES string of the molecule is CC(C)OC1=CC=C(N)C(C(=N)C2C=C(N3CCN(C4CC4)CC3)NC=N2)C1. The minimum Gasteiger partial charge on any atom is -0.495 e. The van der Waals surface area contributed by atoms with Crippen LogP contribution in [-0.2, 0) is 4.74 Å². The molecule has 0 amide bonds. The largest absolute Gasteiger partial charge is 0.495 e. The van der Waals surface area contributed by atoms with Gasteiger partial charge in [0, 0.05) is 56.0 Å². The number of hydrogen-bond acceptors (Lipinski definition) is 7. The van der Waals surface area contributed by atoms with Crippen LogP contribution in [0.15, 0.2) is 40.5 Å². The first-order chi connectivity index (χ1) is 13.5. The lowest BCUT2D eigenvalue weighted by molar-refractivity contribution is 0.136. The summed E-state index contributed by atoms with van der Waals surface area (Å²) in [5, 5.41) is 12.0. The van der Waals surface area contributed by atoms with E-state index in [4.69, 9.17) is 15.9 Å². The van der Waals surface area contributed by atoms with Gasteiger partial charge in [-0.1, -0.05) is 0 Å². The summed E-state index contributed by atoms with van der Waals surface area (Å²) < 4.78 is 5.84. The summed E-state index contributed by atoms with van der Waals surface area (Å²) in [6.45, 7) is 8.29. The molecule has 2 aliphatic heterocycles. The van der Waals surface area contributed by atoms with E-state index in [-0.39, 0.29) is 18.1 Å². The van der Waals surface area contributed by atoms with Gasteiger partial charge in [0.1, 0.15) is 11.9 Å². The van der Waals surface area contributed by atoms with Gasteiger partial charge >= 0.3 is 0 Å². The summed E-state index contributed by atoms with van der Waals surface area (Å²) >= 11 is 0. The standard InChI is InChI=1S/C21H32N6O/c1-14(2)28-16-5-6-18(22)17(11-16)21(23)19-12-20(25-13-24-19)27-9-7-26(8-10-27)15-3-4-15/h5-6,12-15,17,19,23H,3-4,7-11,22H2,1-2H3,(H,24,25). The van der Waals surface area contributed by atoms with Crippen molar-refractivity contribution in [3.05, 3.63) is 35.5 Å². The van der Waals surface area contributed by atoms with Crippen LogP contribution >= 0.6 is 0 Å². The number of allylic oxidation sites excluding steroid dienone is 4. The van der Waals surface area contributed by atoms with E-state index in [0.29, 0.717) is 17.8 Å². The second-order valence-electron chi connectivity index (χ2n) is 8.35. The van der Waals surface area contributed by atoms with Crippen LogP contribution in [0.5, 0.6) is 0 Å². The molecule has 1 saturated carbocycles. The molecule has 4 N–H and O–H groups in total. The molecule has 7 heteroatoms. The molecule has 152 valence electrons. The molecule has 2 heterocycles. The number of nitrogens with two attached hydrogens (primary N) is 1. The molecule has 2 atom stereocenters. The van der Waals surface area contributed by atoms with Crippen molar-refractivity contribution in [2.75, 3.05) is 26.2 Å². The lowest BCUT2D eigenvalue weighted by Crippen LogP contribution is -2.49. The molecule has 4 rings (SSSR count). The minimum absolute atomic E-state index is 0.117. The van der Waals surface area contributed by atoms with Crippen LogP contribution in [0.2, 0.25) is 0 Å². The number of hydrogen-bond donors (Lipinski definition) is 3. The first-order valence-corrected chi connectivity index (χ1v) is 10.4. The average Bonchev–Trinajstić information content (AvgIpc) is 3.54. The van der Waals surface area contributed by atoms with Gasteiger partial charge in [0.15, 0.2) is 0 Å². The molecule has 0 aromatic carbocycles. The molecule has 2 unspecified atom stereocenters. The van der Waals surface area contributed by atoms with Crippen molar-refractivity contribution < 1.29 is 4.74 Å². The maximum absolute atomic E-state index is 8.76. The van der Waals surface area contributed by atoms with Gasteiger partial charge < -0.3 is 26.1 Å². The van der Waals surface area contributed by atoms with Crippen molar-refractivity contribution >= 4 is 12.1 Å². The highest BCUT2D eigenvalue weighted by Crippen LogP contribution is 2.29. The van der Waals surface area contributed by atoms with Gasteiger partial charge in [0.05, 0.1) is 18.2 Å². The first-order valence-electron chi connectivity index (χ1n) is 10.4. The summed E-state index contributed by atoms with van der Waals surface area (Å²) in [5.41, 5.74) is 7.46. The normalized spacial score (nSPS) is 28.4. The van der Waals surface area contributed by atoms with Crippen molar-refractivity contribution in [2.45, 2.75) is 51.3 Å². The highest BCUT2D eigenvalue weighted by molar-refractivity contribution is 5.94. The Kier molecular flexibility index (Phi) is 5.44. The van der Waals surface area contributed by atoms with Crippen molar-refractivity contribution in [2.24, 2.45) is 16.6 Å². The molecule has 7 nitrogen and oxygen atoms in total. The Morgan fingerprint density at radius 2 is 2.00 bits per heavy atom. The van der Waals surface area contributed by atoms with Gasteiger partial charge in [-0.3, -0.25) is 9.89 Å². The summed E-state index contributed by atoms with van der Waals surface area (Å²) in [4.78, 5) is 9.48. The van der Waals surface area contributed by atoms with Crippen molar-refractivity contribution in [1.29, 1.82) is 5.41 Å². The molecule has 0 spiro atoms. The molecule has 2 fully saturated rings. The number of aliphatic imine (C=N–C) groups is 1. The Labute approximate surface area is 167 Å². The zero-order chi connectivity index (χ0) is 19.7. The van der Waals surface area contributed by atoms with E-state index in [2.05, 4.69) is 26.2 Å². The molecular formula is C21H32N6O. The van der Waals surface area contributed by atoms with Crippen molar-refractivity contribution in [3.63, 3.8) is 0 Å². The van der Waals surface area contributed by atoms with E-state index in [1.807, 2.05) is 26.0 Å². The van der Waals surface area contributed by atoms with Crippen LogP contribution in [0, 0.1) is 11.3 Å². The molecule has 0 bridgehead atoms. The average molecular weight is 385 g/mol. The number of piperazine rings is 1. The van der Waals surface area contributed by atoms with Crippen LogP contribution in [0.4, 0.5) is 0 Å². The summed E-state index contributed by atoms with van der Waals surface area (Å²) in [6, 6.07) is 0.544. The second kappa shape index (κ2) is 7.99. The van der Waals surface area contributed by atoms with E-state index in [0.717, 1.165) is 43.8 Å². The van der Waals surface area contributed by atoms with E-state index in [1.165, 1.54) is 12.8 Å². The van der Waals surface area contributed by atoms with Crippen LogP contribution < -0.4 is 11.1 Å². The number of ether oxygens (including phenoxy) is 1. The highest BCUT2D eigenvalue weighted by Gasteiger charge is 2.33. The molecular weight excluding hydrogens is 352 g/mol. The van der Waals surface area contributed by atoms with E-state index < -0.39 is 0 Å². The Morgan fingerprint density at radius 1 is 1.25 bits per heavy atom. The van der Waals surface area contributed by atoms with Crippen LogP contribution in [0.3, 0.4) is 0 Å². The highest BCUT2D eigenvalue weighted by atomic mass is 16.5. The first kappa shape index (κ1) is 19.1. The summed E-state index contributed by atoms with van der Waals surface area (Å²) in [7, 11) is 0. The van der Waals surface area contributed by atoms with Gasteiger partial charge in [-0.15, -0.1) is 0 Å². The molecule has 0 radical (unpaired) electrons. The third-order valence-electron chi connectivity index (χ3n) is 5.83. The Balaban J connectivity index is 1.40. The second-order valence-corrected chi connectivity index (χ2v) is 8.35. The maximum atomic E-state index is 8.76. The number of nitrogens with one attached hydrogen (secondary N) is 2. The minimum atomic E-state index is -0.284. The smallest absolute Gasteiger partial charge is 0.112 e. The Hall–Kier alpha value is -2.28. The zero-order valence-electron chi connectivity index (χ0n) is 16.9. The third-order valence-corrected chi connectivity index (χ3v) is 5.83. The molecule has 2 aliphatic carbocycles. The molecule has 0 aromatic rings. The summed E-state index contributed by atoms with van der Waals surface area (Å²) in [5.74, 6) is 1.79. The van der Waals surface area contributed by atoms with Gasteiger partial charge in [0.25, 0.3) is 0 Å². The van der Waals surface area contributed by atoms with Crippen molar-refractivity contribution in [3.8, 4) is 0 Å². The fourth-order valence-electron chi connectivity index (χ4n) is 4.14. The zero-order valence-corrected chi connectivity index (χ0v) is 16.9. The fraction of sp³-hybridized carbons (Fsp3) is 0.619. The third kappa shape index (κ3) is 4.24. The maximum Gasteiger partial charge on any atom is 0.112 e. The van der Waals surface area contributed by atoms with Gasteiger partial charge in [-0.2, -0.15) is 0 Å². The molecule has 1 saturated heterocycles. The number of rotatable bonds is 6. The van der Waals surface area contributed by atoms with E-state index in [9.17, 15) is 0 Å². The predicted octanol–water partition coefficient (Wildman–Crippen LogP) is 1.80. The van der Waals surface area contributed by atoms with Gasteiger partial charge in [-0.05, 0) is 44.9 Å². The van der Waals surface area contributed by atoms with E-state index >= 15 is 0 Å². The van der Waals surface area contributed by atoms with Crippen LogP contribution in [-0.4, -0.2) is 66.2 Å². The lowest BCUT2D eigenvalue weighted by Gasteiger charge is -2.38. The van der Waals surface area contributed by atoms with Crippen LogP contribution in [0.1, 0.15) is 33.1 Å². The molecule has 28 heavy (non-hydrogen) atoms. The monoisotopic (exact) mass is 384 g/mol. The van der Waals surface area contributed by atoms with E-state index in [1.54, 1.807) is 6.34 Å². The van der Waals surface area contributed by atoms with Crippen LogP contribution in [0.25, 0.3) is 0 Å². The quantitative estimate of drug-likeness (QED) is 0.608.